The van der Waals surface area contributed by atoms with E-state index in [1.807, 2.05) is 0 Å². The molecule has 0 fully saturated rings. The Morgan fingerprint density at radius 3 is 1.74 bits per heavy atom. The summed E-state index contributed by atoms with van der Waals surface area (Å²) in [6, 6.07) is 12.0. The van der Waals surface area contributed by atoms with E-state index in [-0.39, 0.29) is 17.1 Å². The Morgan fingerprint density at radius 1 is 1.11 bits per heavy atom. The average molecular weight is 304 g/mol. The van der Waals surface area contributed by atoms with Crippen LogP contribution in [0.1, 0.15) is 0 Å². The first-order chi connectivity index (χ1) is 8.56. The van der Waals surface area contributed by atoms with E-state index in [9.17, 15) is 0 Å². The minimum Gasteiger partial charge on any atom is -0.999 e. The molecule has 0 heterocycles. The summed E-state index contributed by atoms with van der Waals surface area (Å²) >= 11 is 0. The van der Waals surface area contributed by atoms with Gasteiger partial charge in [-0.1, -0.05) is 6.61 Å². The molecule has 4 nitrogen and oxygen atoms in total. The van der Waals surface area contributed by atoms with Crippen molar-refractivity contribution in [1.29, 1.82) is 0 Å². The molecule has 1 aromatic carbocycles. The van der Waals surface area contributed by atoms with Crippen LogP contribution < -0.4 is 0 Å². The summed E-state index contributed by atoms with van der Waals surface area (Å²) in [6.07, 6.45) is 0. The number of quaternary nitrogens is 1. The molecule has 0 aliphatic rings. The van der Waals surface area contributed by atoms with Gasteiger partial charge in [0.15, 0.2) is 0 Å². The smallest absolute Gasteiger partial charge is 0.999 e. The Bertz CT molecular complexity index is 240. The molecule has 0 unspecified atom stereocenters. The van der Waals surface area contributed by atoms with Crippen LogP contribution in [-0.4, -0.2) is 45.4 Å². The van der Waals surface area contributed by atoms with Crippen LogP contribution >= 0.6 is 0 Å². The van der Waals surface area contributed by atoms with Crippen molar-refractivity contribution in [3.05, 3.63) is 50.6 Å². The largest absolute Gasteiger partial charge is 2.00 e. The van der Waals surface area contributed by atoms with Crippen LogP contribution in [0.2, 0.25) is 0 Å². The number of hydrogen-bond donors (Lipinski definition) is 0. The fourth-order valence-electron chi connectivity index (χ4n) is 0.621. The van der Waals surface area contributed by atoms with Crippen LogP contribution in [-0.2, 0) is 31.1 Å². The van der Waals surface area contributed by atoms with Crippen LogP contribution in [0.5, 0.6) is 0 Å². The molecule has 0 radical (unpaired) electrons. The third-order valence-corrected chi connectivity index (χ3v) is 1.40. The second kappa shape index (κ2) is 22.4. The van der Waals surface area contributed by atoms with Crippen molar-refractivity contribution in [1.82, 2.24) is 0 Å². The van der Waals surface area contributed by atoms with Gasteiger partial charge in [-0.2, -0.15) is 0 Å². The van der Waals surface area contributed by atoms with E-state index in [0.717, 1.165) is 17.6 Å². The topological polar surface area (TPSA) is 49.0 Å². The van der Waals surface area contributed by atoms with E-state index in [2.05, 4.69) is 65.6 Å². The molecule has 0 aromatic heterocycles. The summed E-state index contributed by atoms with van der Waals surface area (Å²) in [5, 5.41) is 0. The fourth-order valence-corrected chi connectivity index (χ4v) is 0.621. The number of hydrogen-bond acceptors (Lipinski definition) is 1. The van der Waals surface area contributed by atoms with Gasteiger partial charge in [0.25, 0.3) is 0 Å². The molecule has 108 valence electrons. The molecule has 0 spiro atoms. The molecule has 0 aliphatic heterocycles. The second-order valence-corrected chi connectivity index (χ2v) is 3.81. The Morgan fingerprint density at radius 2 is 1.53 bits per heavy atom. The van der Waals surface area contributed by atoms with E-state index < -0.39 is 0 Å². The zero-order valence-corrected chi connectivity index (χ0v) is 12.5. The van der Waals surface area contributed by atoms with Gasteiger partial charge in [0.2, 0.25) is 0 Å². The molecule has 0 N–H and O–H groups in total. The molecule has 0 aliphatic carbocycles. The van der Waals surface area contributed by atoms with Crippen LogP contribution in [0.25, 0.3) is 0 Å². The molecular weight excluding hydrogens is 286 g/mol. The summed E-state index contributed by atoms with van der Waals surface area (Å²) in [5.41, 5.74) is 0. The van der Waals surface area contributed by atoms with Crippen molar-refractivity contribution in [2.75, 3.05) is 40.9 Å². The van der Waals surface area contributed by atoms with Crippen LogP contribution in [0, 0.1) is 44.5 Å². The van der Waals surface area contributed by atoms with Crippen LogP contribution in [0.4, 0.5) is 0 Å². The van der Waals surface area contributed by atoms with E-state index in [0.29, 0.717) is 6.61 Å². The summed E-state index contributed by atoms with van der Waals surface area (Å²) < 4.78 is 21.0. The molecule has 0 saturated carbocycles. The fraction of sp³-hybridized carbons (Fsp3) is 0.429. The number of nitrogens with zero attached hydrogens (tertiary/aromatic N) is 1. The van der Waals surface area contributed by atoms with Gasteiger partial charge in [0, 0.05) is 0 Å². The maximum absolute atomic E-state index is 7.50. The van der Waals surface area contributed by atoms with Gasteiger partial charge in [0.05, 0.1) is 27.7 Å². The minimum absolute atomic E-state index is 0. The van der Waals surface area contributed by atoms with E-state index in [1.165, 1.54) is 0 Å². The Balaban J connectivity index is -0.0000000956. The van der Waals surface area contributed by atoms with Crippen molar-refractivity contribution < 1.29 is 35.6 Å². The van der Waals surface area contributed by atoms with Crippen molar-refractivity contribution >= 4 is 0 Å². The molecule has 0 atom stereocenters. The van der Waals surface area contributed by atoms with E-state index in [4.69, 9.17) is 14.0 Å². The van der Waals surface area contributed by atoms with Gasteiger partial charge >= 0.3 is 39.7 Å². The van der Waals surface area contributed by atoms with Crippen molar-refractivity contribution in [2.45, 2.75) is 0 Å². The minimum atomic E-state index is 0. The Hall–Kier alpha value is -0.731. The molecule has 1 aromatic rings. The first kappa shape index (κ1) is 26.8. The van der Waals surface area contributed by atoms with Crippen molar-refractivity contribution in [3.8, 4) is 0 Å². The monoisotopic (exact) mass is 304 g/mol. The molecule has 5 heteroatoms. The normalized spacial score (nSPS) is 8.00. The quantitative estimate of drug-likeness (QED) is 0.270. The summed E-state index contributed by atoms with van der Waals surface area (Å²) in [6.45, 7) is 15.0. The molecule has 0 bridgehead atoms. The first-order valence-electron chi connectivity index (χ1n) is 4.97. The predicted octanol–water partition coefficient (Wildman–Crippen LogP) is 1.07. The maximum atomic E-state index is 7.50. The van der Waals surface area contributed by atoms with Crippen LogP contribution in [0.15, 0.2) is 6.07 Å². The molecule has 19 heavy (non-hydrogen) atoms. The molecule has 1 rings (SSSR count). The molecular formula is C14H18FeNO3-3. The van der Waals surface area contributed by atoms with Gasteiger partial charge in [-0.3, -0.25) is 0 Å². The standard InChI is InChI=1S/C7H17NO.C5H.2CO.Fe/c1-5-9-7-6-8(2,3)4;1-2-4-5-3-1;2*1-2;/h1,5-7H2,2-4H3;1H;;;/q;-5;;;+2. The van der Waals surface area contributed by atoms with E-state index in [1.54, 1.807) is 6.07 Å². The summed E-state index contributed by atoms with van der Waals surface area (Å²) in [5.74, 6) is 0. The summed E-state index contributed by atoms with van der Waals surface area (Å²) in [7, 11) is 6.44. The van der Waals surface area contributed by atoms with Crippen molar-refractivity contribution in [3.63, 3.8) is 0 Å². The second-order valence-electron chi connectivity index (χ2n) is 3.81. The number of rotatable bonds is 4. The SMILES string of the molecule is [C-]#[O+].[C-]#[O+].[CH2-]COCC[N+](C)(C)C.[Fe+2].[c-]1[c-][c-][cH-][c-]1. The molecule has 0 saturated heterocycles. The zero-order valence-electron chi connectivity index (χ0n) is 11.4. The van der Waals surface area contributed by atoms with E-state index >= 15 is 0 Å². The Labute approximate surface area is 127 Å². The Kier molecular flexibility index (Phi) is 31.6. The van der Waals surface area contributed by atoms with Gasteiger partial charge in [-0.05, 0) is 0 Å². The number of likely N-dealkylation sites (N-methyl/N-ethyl adjacent to an activating group) is 1. The summed E-state index contributed by atoms with van der Waals surface area (Å²) in [4.78, 5) is 0. The first-order valence-corrected chi connectivity index (χ1v) is 4.97. The zero-order chi connectivity index (χ0) is 14.9. The predicted molar refractivity (Wildman–Crippen MR) is 64.3 cm³/mol. The van der Waals surface area contributed by atoms with Gasteiger partial charge in [-0.25, -0.2) is 0 Å². The number of ether oxygens (including phenoxy) is 1. The maximum Gasteiger partial charge on any atom is 2.00 e. The van der Waals surface area contributed by atoms with Crippen molar-refractivity contribution in [2.24, 2.45) is 0 Å². The van der Waals surface area contributed by atoms with Crippen LogP contribution in [0.3, 0.4) is 0 Å². The van der Waals surface area contributed by atoms with Gasteiger partial charge in [0.1, 0.15) is 6.54 Å². The van der Waals surface area contributed by atoms with Gasteiger partial charge in [-0.15, -0.1) is 0 Å². The van der Waals surface area contributed by atoms with Gasteiger partial charge < -0.3 is 46.5 Å². The average Bonchev–Trinajstić information content (AvgIpc) is 2.92. The molecule has 0 amide bonds. The third kappa shape index (κ3) is 38.2. The third-order valence-electron chi connectivity index (χ3n) is 1.40.